The molecule has 1 saturated heterocycles. The lowest BCUT2D eigenvalue weighted by Crippen LogP contribution is -2.69. The van der Waals surface area contributed by atoms with E-state index in [0.29, 0.717) is 36.0 Å². The zero-order chi connectivity index (χ0) is 20.2. The predicted molar refractivity (Wildman–Crippen MR) is 110 cm³/mol. The maximum atomic E-state index is 12.5. The summed E-state index contributed by atoms with van der Waals surface area (Å²) in [4.78, 5) is 26.7. The van der Waals surface area contributed by atoms with Gasteiger partial charge in [-0.2, -0.15) is 0 Å². The first kappa shape index (κ1) is 18.1. The number of carbonyl (C=O) groups is 2. The summed E-state index contributed by atoms with van der Waals surface area (Å²) in [6, 6.07) is 13.1. The molecule has 3 aromatic rings. The number of aryl methyl sites for hydroxylation is 1. The first-order chi connectivity index (χ1) is 13.9. The monoisotopic (exact) mass is 409 g/mol. The number of ketones is 1. The van der Waals surface area contributed by atoms with Crippen molar-refractivity contribution in [3.05, 3.63) is 64.8 Å². The molecule has 148 valence electrons. The van der Waals surface area contributed by atoms with E-state index in [1.807, 2.05) is 19.3 Å². The van der Waals surface area contributed by atoms with Crippen molar-refractivity contribution in [3.63, 3.8) is 0 Å². The summed E-state index contributed by atoms with van der Waals surface area (Å²) in [6.45, 7) is 1.22. The second-order valence-corrected chi connectivity index (χ2v) is 8.30. The first-order valence-electron chi connectivity index (χ1n) is 9.51. The van der Waals surface area contributed by atoms with Crippen molar-refractivity contribution in [2.75, 3.05) is 13.1 Å². The number of likely N-dealkylation sites (tertiary alicyclic amines) is 1. The van der Waals surface area contributed by atoms with E-state index in [2.05, 4.69) is 28.1 Å². The van der Waals surface area contributed by atoms with Crippen molar-refractivity contribution in [1.29, 1.82) is 0 Å². The molecule has 0 radical (unpaired) electrons. The summed E-state index contributed by atoms with van der Waals surface area (Å²) in [5, 5.41) is 4.63. The molecule has 1 N–H and O–H groups in total. The summed E-state index contributed by atoms with van der Waals surface area (Å²) in [6.07, 6.45) is 2.29. The zero-order valence-corrected chi connectivity index (χ0v) is 16.7. The second kappa shape index (κ2) is 6.52. The van der Waals surface area contributed by atoms with E-state index in [1.54, 1.807) is 23.1 Å². The maximum Gasteiger partial charge on any atom is 0.317 e. The van der Waals surface area contributed by atoms with Crippen LogP contribution in [0.1, 0.15) is 22.3 Å². The molecule has 5 rings (SSSR count). The lowest BCUT2D eigenvalue weighted by molar-refractivity contribution is -0.0596. The Morgan fingerprint density at radius 3 is 2.86 bits per heavy atom. The van der Waals surface area contributed by atoms with Crippen molar-refractivity contribution < 1.29 is 14.3 Å². The largest absolute Gasteiger partial charge is 0.482 e. The molecule has 2 aliphatic heterocycles. The van der Waals surface area contributed by atoms with Crippen LogP contribution in [0.4, 0.5) is 4.79 Å². The number of rotatable bonds is 2. The van der Waals surface area contributed by atoms with Crippen LogP contribution < -0.4 is 10.1 Å². The average molecular weight is 410 g/mol. The fourth-order valence-electron chi connectivity index (χ4n) is 4.17. The number of benzene rings is 2. The lowest BCUT2D eigenvalue weighted by atomic mass is 9.84. The Morgan fingerprint density at radius 2 is 2.03 bits per heavy atom. The van der Waals surface area contributed by atoms with E-state index >= 15 is 0 Å². The highest BCUT2D eigenvalue weighted by molar-refractivity contribution is 6.30. The number of nitrogens with zero attached hydrogens (tertiary/aromatic N) is 2. The number of hydrogen-bond acceptors (Lipinski definition) is 3. The summed E-state index contributed by atoms with van der Waals surface area (Å²) in [7, 11) is 2.01. The topological polar surface area (TPSA) is 63.6 Å². The highest BCUT2D eigenvalue weighted by Gasteiger charge is 2.51. The van der Waals surface area contributed by atoms with Gasteiger partial charge in [-0.1, -0.05) is 17.7 Å². The van der Waals surface area contributed by atoms with Crippen LogP contribution in [0.3, 0.4) is 0 Å². The van der Waals surface area contributed by atoms with Gasteiger partial charge in [0.15, 0.2) is 11.4 Å². The molecule has 0 atom stereocenters. The summed E-state index contributed by atoms with van der Waals surface area (Å²) in [5.41, 5.74) is 2.11. The number of halogens is 1. The Hall–Kier alpha value is -2.99. The van der Waals surface area contributed by atoms with Crippen LogP contribution in [0.2, 0.25) is 5.02 Å². The Labute approximate surface area is 173 Å². The summed E-state index contributed by atoms with van der Waals surface area (Å²) >= 11 is 6.03. The quantitative estimate of drug-likeness (QED) is 0.701. The number of Topliss-reactive ketones (excluding diaryl/α,β-unsaturated/α-hetero) is 1. The van der Waals surface area contributed by atoms with Crippen molar-refractivity contribution in [2.45, 2.75) is 18.6 Å². The van der Waals surface area contributed by atoms with Gasteiger partial charge in [0.1, 0.15) is 5.75 Å². The number of ether oxygens (including phenoxy) is 1. The number of nitrogens with one attached hydrogen (secondary N) is 1. The number of amides is 2. The van der Waals surface area contributed by atoms with Gasteiger partial charge in [-0.15, -0.1) is 0 Å². The minimum absolute atomic E-state index is 0.0270. The maximum absolute atomic E-state index is 12.5. The molecule has 0 saturated carbocycles. The van der Waals surface area contributed by atoms with Gasteiger partial charge in [0, 0.05) is 30.3 Å². The van der Waals surface area contributed by atoms with Gasteiger partial charge in [0.05, 0.1) is 25.1 Å². The molecule has 1 fully saturated rings. The highest BCUT2D eigenvalue weighted by Crippen LogP contribution is 2.39. The normalized spacial score (nSPS) is 17.0. The minimum Gasteiger partial charge on any atom is -0.482 e. The number of aromatic nitrogens is 1. The molecule has 3 heterocycles. The Kier molecular flexibility index (Phi) is 4.06. The molecule has 7 heteroatoms. The minimum atomic E-state index is -0.644. The van der Waals surface area contributed by atoms with Crippen LogP contribution in [-0.2, 0) is 13.6 Å². The van der Waals surface area contributed by atoms with Crippen LogP contribution >= 0.6 is 11.6 Å². The molecule has 2 aliphatic rings. The molecule has 0 unspecified atom stereocenters. The third-order valence-corrected chi connectivity index (χ3v) is 5.93. The van der Waals surface area contributed by atoms with Gasteiger partial charge in [-0.05, 0) is 47.3 Å². The first-order valence-corrected chi connectivity index (χ1v) is 9.89. The van der Waals surface area contributed by atoms with E-state index in [4.69, 9.17) is 16.3 Å². The van der Waals surface area contributed by atoms with Gasteiger partial charge in [-0.3, -0.25) is 4.79 Å². The van der Waals surface area contributed by atoms with E-state index in [0.717, 1.165) is 16.5 Å². The zero-order valence-electron chi connectivity index (χ0n) is 15.9. The van der Waals surface area contributed by atoms with E-state index in [9.17, 15) is 9.59 Å². The van der Waals surface area contributed by atoms with Crippen molar-refractivity contribution in [3.8, 4) is 5.75 Å². The molecule has 2 aromatic carbocycles. The lowest BCUT2D eigenvalue weighted by Gasteiger charge is -2.50. The molecule has 2 amide bonds. The highest BCUT2D eigenvalue weighted by atomic mass is 35.5. The molecular weight excluding hydrogens is 390 g/mol. The van der Waals surface area contributed by atoms with Crippen LogP contribution in [0.15, 0.2) is 48.7 Å². The van der Waals surface area contributed by atoms with Gasteiger partial charge < -0.3 is 19.5 Å². The third kappa shape index (κ3) is 3.13. The molecule has 1 aromatic heterocycles. The van der Waals surface area contributed by atoms with E-state index < -0.39 is 5.60 Å². The van der Waals surface area contributed by atoms with E-state index in [1.165, 1.54) is 0 Å². The van der Waals surface area contributed by atoms with Crippen molar-refractivity contribution >= 4 is 34.3 Å². The van der Waals surface area contributed by atoms with Crippen LogP contribution in [0, 0.1) is 0 Å². The predicted octanol–water partition coefficient (Wildman–Crippen LogP) is 3.76. The molecular formula is C22H20ClN3O3. The van der Waals surface area contributed by atoms with Crippen LogP contribution in [0.5, 0.6) is 5.75 Å². The molecule has 0 aliphatic carbocycles. The van der Waals surface area contributed by atoms with E-state index in [-0.39, 0.29) is 18.2 Å². The van der Waals surface area contributed by atoms with Crippen molar-refractivity contribution in [1.82, 2.24) is 14.8 Å². The fraction of sp³-hybridized carbons (Fsp3) is 0.273. The molecule has 29 heavy (non-hydrogen) atoms. The summed E-state index contributed by atoms with van der Waals surface area (Å²) in [5.74, 6) is 0.532. The fourth-order valence-corrected chi connectivity index (χ4v) is 4.33. The Morgan fingerprint density at radius 1 is 1.21 bits per heavy atom. The Balaban J connectivity index is 1.21. The second-order valence-electron chi connectivity index (χ2n) is 7.86. The van der Waals surface area contributed by atoms with Crippen molar-refractivity contribution in [2.24, 2.45) is 7.05 Å². The van der Waals surface area contributed by atoms with Crippen LogP contribution in [-0.4, -0.2) is 40.0 Å². The Bertz CT molecular complexity index is 1150. The number of urea groups is 1. The number of fused-ring (bicyclic) bond motifs is 2. The van der Waals surface area contributed by atoms with Crippen LogP contribution in [0.25, 0.3) is 10.9 Å². The number of carbonyl (C=O) groups excluding carboxylic acids is 2. The van der Waals surface area contributed by atoms with Gasteiger partial charge in [0.2, 0.25) is 0 Å². The van der Waals surface area contributed by atoms with Gasteiger partial charge in [-0.25, -0.2) is 4.79 Å². The van der Waals surface area contributed by atoms with Gasteiger partial charge in [0.25, 0.3) is 0 Å². The SMILES string of the molecule is Cn1ccc2cc(CNC(=O)N3CC4(CC(=O)c5ccc(Cl)cc5O4)C3)ccc21. The molecule has 1 spiro atoms. The smallest absolute Gasteiger partial charge is 0.317 e. The standard InChI is InChI=1S/C22H20ClN3O3/c1-25-7-6-15-8-14(2-5-18(15)25)11-24-21(28)26-12-22(13-26)10-19(27)17-4-3-16(23)9-20(17)29-22/h2-9H,10-13H2,1H3,(H,24,28). The molecule has 6 nitrogen and oxygen atoms in total. The van der Waals surface area contributed by atoms with Gasteiger partial charge >= 0.3 is 6.03 Å². The number of hydrogen-bond donors (Lipinski definition) is 1. The average Bonchev–Trinajstić information content (AvgIpc) is 3.04. The third-order valence-electron chi connectivity index (χ3n) is 5.69. The molecule has 0 bridgehead atoms. The summed E-state index contributed by atoms with van der Waals surface area (Å²) < 4.78 is 8.13.